The summed E-state index contributed by atoms with van der Waals surface area (Å²) in [6.07, 6.45) is 5.17. The second kappa shape index (κ2) is 8.38. The van der Waals surface area contributed by atoms with Crippen LogP contribution in [0.1, 0.15) is 68.2 Å². The van der Waals surface area contributed by atoms with E-state index in [0.29, 0.717) is 0 Å². The van der Waals surface area contributed by atoms with Crippen LogP contribution < -0.4 is 10.1 Å². The van der Waals surface area contributed by atoms with Gasteiger partial charge in [0.15, 0.2) is 0 Å². The zero-order valence-corrected chi connectivity index (χ0v) is 17.9. The number of carbonyl (C=O) groups excluding carboxylic acids is 1. The Morgan fingerprint density at radius 2 is 1.75 bits per heavy atom. The van der Waals surface area contributed by atoms with Gasteiger partial charge in [0.1, 0.15) is 5.75 Å². The van der Waals surface area contributed by atoms with Crippen molar-refractivity contribution in [3.05, 3.63) is 58.7 Å². The van der Waals surface area contributed by atoms with Crippen LogP contribution in [0.2, 0.25) is 0 Å². The van der Waals surface area contributed by atoms with Crippen LogP contribution in [-0.2, 0) is 10.2 Å². The number of amides is 1. The van der Waals surface area contributed by atoms with Crippen LogP contribution in [0.5, 0.6) is 5.75 Å². The van der Waals surface area contributed by atoms with E-state index < -0.39 is 5.41 Å². The molecular formula is C25H33NO2. The fourth-order valence-electron chi connectivity index (χ4n) is 4.31. The second-order valence-electron chi connectivity index (χ2n) is 8.39. The molecule has 2 aromatic rings. The van der Waals surface area contributed by atoms with Gasteiger partial charge in [-0.15, -0.1) is 0 Å². The SMILES string of the molecule is CCC(C)Oc1c(C)cc(NC(=O)C2(c3cccc(C)c3)CCCC2)cc1C. The van der Waals surface area contributed by atoms with Crippen molar-refractivity contribution in [2.75, 3.05) is 5.32 Å². The van der Waals surface area contributed by atoms with Crippen molar-refractivity contribution in [3.8, 4) is 5.75 Å². The number of hydrogen-bond donors (Lipinski definition) is 1. The summed E-state index contributed by atoms with van der Waals surface area (Å²) in [5.41, 5.74) is 4.91. The highest BCUT2D eigenvalue weighted by Crippen LogP contribution is 2.42. The fourth-order valence-corrected chi connectivity index (χ4v) is 4.31. The molecule has 1 fully saturated rings. The monoisotopic (exact) mass is 379 g/mol. The lowest BCUT2D eigenvalue weighted by molar-refractivity contribution is -0.121. The first-order valence-electron chi connectivity index (χ1n) is 10.5. The molecule has 0 spiro atoms. The Bertz CT molecular complexity index is 826. The van der Waals surface area contributed by atoms with Gasteiger partial charge >= 0.3 is 0 Å². The molecule has 1 N–H and O–H groups in total. The molecule has 1 saturated carbocycles. The number of hydrogen-bond acceptors (Lipinski definition) is 2. The van der Waals surface area contributed by atoms with Crippen molar-refractivity contribution in [3.63, 3.8) is 0 Å². The Labute approximate surface area is 169 Å². The third-order valence-electron chi connectivity index (χ3n) is 6.07. The molecule has 0 bridgehead atoms. The largest absolute Gasteiger partial charge is 0.490 e. The molecule has 0 heterocycles. The number of nitrogens with one attached hydrogen (secondary N) is 1. The summed E-state index contributed by atoms with van der Waals surface area (Å²) in [6, 6.07) is 12.5. The lowest BCUT2D eigenvalue weighted by atomic mass is 9.77. The molecule has 1 amide bonds. The summed E-state index contributed by atoms with van der Waals surface area (Å²) in [6.45, 7) is 10.4. The van der Waals surface area contributed by atoms with Crippen molar-refractivity contribution < 1.29 is 9.53 Å². The average molecular weight is 380 g/mol. The number of rotatable bonds is 6. The lowest BCUT2D eigenvalue weighted by Crippen LogP contribution is -2.38. The zero-order chi connectivity index (χ0) is 20.3. The number of carbonyl (C=O) groups is 1. The van der Waals surface area contributed by atoms with Gasteiger partial charge in [0.25, 0.3) is 0 Å². The van der Waals surface area contributed by atoms with Gasteiger partial charge in [-0.05, 0) is 75.8 Å². The molecule has 3 rings (SSSR count). The minimum absolute atomic E-state index is 0.116. The Balaban J connectivity index is 1.87. The van der Waals surface area contributed by atoms with Gasteiger partial charge in [-0.3, -0.25) is 4.79 Å². The highest BCUT2D eigenvalue weighted by atomic mass is 16.5. The number of anilines is 1. The highest BCUT2D eigenvalue weighted by Gasteiger charge is 2.42. The Morgan fingerprint density at radius 3 is 2.32 bits per heavy atom. The van der Waals surface area contributed by atoms with E-state index in [2.05, 4.69) is 50.4 Å². The summed E-state index contributed by atoms with van der Waals surface area (Å²) < 4.78 is 6.07. The lowest BCUT2D eigenvalue weighted by Gasteiger charge is -2.29. The average Bonchev–Trinajstić information content (AvgIpc) is 3.16. The maximum absolute atomic E-state index is 13.4. The van der Waals surface area contributed by atoms with Crippen LogP contribution in [0.15, 0.2) is 36.4 Å². The van der Waals surface area contributed by atoms with Crippen LogP contribution in [0.3, 0.4) is 0 Å². The molecule has 0 aliphatic heterocycles. The predicted octanol–water partition coefficient (Wildman–Crippen LogP) is 6.24. The van der Waals surface area contributed by atoms with E-state index in [0.717, 1.165) is 60.2 Å². The van der Waals surface area contributed by atoms with Crippen LogP contribution >= 0.6 is 0 Å². The maximum Gasteiger partial charge on any atom is 0.235 e. The van der Waals surface area contributed by atoms with Crippen molar-refractivity contribution in [2.24, 2.45) is 0 Å². The first-order chi connectivity index (χ1) is 13.4. The molecule has 1 atom stereocenters. The molecule has 1 unspecified atom stereocenters. The van der Waals surface area contributed by atoms with Crippen LogP contribution in [-0.4, -0.2) is 12.0 Å². The van der Waals surface area contributed by atoms with Gasteiger partial charge < -0.3 is 10.1 Å². The van der Waals surface area contributed by atoms with Gasteiger partial charge in [0.2, 0.25) is 5.91 Å². The molecule has 1 aliphatic carbocycles. The van der Waals surface area contributed by atoms with E-state index in [1.54, 1.807) is 0 Å². The number of ether oxygens (including phenoxy) is 1. The van der Waals surface area contributed by atoms with Gasteiger partial charge in [-0.25, -0.2) is 0 Å². The van der Waals surface area contributed by atoms with Crippen LogP contribution in [0.4, 0.5) is 5.69 Å². The molecule has 150 valence electrons. The van der Waals surface area contributed by atoms with E-state index in [1.807, 2.05) is 26.0 Å². The minimum atomic E-state index is -0.417. The Kier molecular flexibility index (Phi) is 6.12. The van der Waals surface area contributed by atoms with Crippen molar-refractivity contribution in [1.82, 2.24) is 0 Å². The van der Waals surface area contributed by atoms with E-state index >= 15 is 0 Å². The number of aryl methyl sites for hydroxylation is 3. The van der Waals surface area contributed by atoms with Crippen LogP contribution in [0, 0.1) is 20.8 Å². The molecular weight excluding hydrogens is 346 g/mol. The Hall–Kier alpha value is -2.29. The zero-order valence-electron chi connectivity index (χ0n) is 17.9. The number of benzene rings is 2. The van der Waals surface area contributed by atoms with E-state index in [9.17, 15) is 4.79 Å². The van der Waals surface area contributed by atoms with E-state index in [1.165, 1.54) is 5.56 Å². The fraction of sp³-hybridized carbons (Fsp3) is 0.480. The maximum atomic E-state index is 13.4. The molecule has 1 aliphatic rings. The van der Waals surface area contributed by atoms with Gasteiger partial charge in [-0.2, -0.15) is 0 Å². The van der Waals surface area contributed by atoms with Crippen molar-refractivity contribution >= 4 is 11.6 Å². The minimum Gasteiger partial charge on any atom is -0.490 e. The third-order valence-corrected chi connectivity index (χ3v) is 6.07. The van der Waals surface area contributed by atoms with E-state index in [-0.39, 0.29) is 12.0 Å². The summed E-state index contributed by atoms with van der Waals surface area (Å²) in [4.78, 5) is 13.4. The summed E-state index contributed by atoms with van der Waals surface area (Å²) in [7, 11) is 0. The normalized spacial score (nSPS) is 16.6. The molecule has 0 radical (unpaired) electrons. The molecule has 0 saturated heterocycles. The topological polar surface area (TPSA) is 38.3 Å². The van der Waals surface area contributed by atoms with Gasteiger partial charge in [0.05, 0.1) is 11.5 Å². The van der Waals surface area contributed by atoms with E-state index in [4.69, 9.17) is 4.74 Å². The summed E-state index contributed by atoms with van der Waals surface area (Å²) >= 11 is 0. The van der Waals surface area contributed by atoms with Crippen molar-refractivity contribution in [1.29, 1.82) is 0 Å². The van der Waals surface area contributed by atoms with Crippen LogP contribution in [0.25, 0.3) is 0 Å². The quantitative estimate of drug-likeness (QED) is 0.645. The standard InChI is InChI=1S/C25H33NO2/c1-6-20(5)28-23-18(3)15-22(16-19(23)4)26-24(27)25(12-7-8-13-25)21-11-9-10-17(2)14-21/h9-11,14-16,20H,6-8,12-13H2,1-5H3,(H,26,27). The third kappa shape index (κ3) is 4.09. The molecule has 3 nitrogen and oxygen atoms in total. The highest BCUT2D eigenvalue weighted by molar-refractivity contribution is 5.99. The van der Waals surface area contributed by atoms with Gasteiger partial charge in [-0.1, -0.05) is 49.6 Å². The first kappa shape index (κ1) is 20.4. The molecule has 0 aromatic heterocycles. The molecule has 3 heteroatoms. The summed E-state index contributed by atoms with van der Waals surface area (Å²) in [5.74, 6) is 1.05. The first-order valence-corrected chi connectivity index (χ1v) is 10.5. The summed E-state index contributed by atoms with van der Waals surface area (Å²) in [5, 5.41) is 3.22. The van der Waals surface area contributed by atoms with Crippen molar-refractivity contribution in [2.45, 2.75) is 78.2 Å². The predicted molar refractivity (Wildman–Crippen MR) is 116 cm³/mol. The molecule has 28 heavy (non-hydrogen) atoms. The van der Waals surface area contributed by atoms with Gasteiger partial charge in [0, 0.05) is 5.69 Å². The Morgan fingerprint density at radius 1 is 1.11 bits per heavy atom. The smallest absolute Gasteiger partial charge is 0.235 e. The molecule has 2 aromatic carbocycles. The second-order valence-corrected chi connectivity index (χ2v) is 8.39.